The minimum Gasteiger partial charge on any atom is -0.480 e. The molecule has 2 fully saturated rings. The lowest BCUT2D eigenvalue weighted by Gasteiger charge is -2.39. The van der Waals surface area contributed by atoms with E-state index in [1.165, 1.54) is 6.42 Å². The smallest absolute Gasteiger partial charge is 0.317 e. The molecule has 0 aliphatic carbocycles. The van der Waals surface area contributed by atoms with Crippen LogP contribution in [0.4, 0.5) is 0 Å². The van der Waals surface area contributed by atoms with Crippen molar-refractivity contribution in [3.05, 3.63) is 0 Å². The van der Waals surface area contributed by atoms with Crippen LogP contribution in [0.3, 0.4) is 0 Å². The molecule has 2 aliphatic rings. The van der Waals surface area contributed by atoms with Gasteiger partial charge in [-0.3, -0.25) is 19.4 Å². The van der Waals surface area contributed by atoms with Gasteiger partial charge in [-0.15, -0.1) is 12.4 Å². The number of carboxylic acid groups (broad SMARTS) is 1. The van der Waals surface area contributed by atoms with Crippen LogP contribution in [0.1, 0.15) is 45.4 Å². The van der Waals surface area contributed by atoms with Crippen molar-refractivity contribution in [1.29, 1.82) is 0 Å². The molecule has 0 aromatic heterocycles. The Kier molecular flexibility index (Phi) is 9.02. The molecule has 0 aromatic carbocycles. The molecule has 6 nitrogen and oxygen atoms in total. The topological polar surface area (TPSA) is 64.1 Å². The zero-order valence-electron chi connectivity index (χ0n) is 14.9. The maximum Gasteiger partial charge on any atom is 0.317 e. The molecule has 2 heterocycles. The fourth-order valence-electron chi connectivity index (χ4n) is 3.90. The van der Waals surface area contributed by atoms with Crippen LogP contribution in [-0.4, -0.2) is 83.5 Å². The Balaban J connectivity index is 0.00000288. The highest BCUT2D eigenvalue weighted by molar-refractivity contribution is 5.85. The highest BCUT2D eigenvalue weighted by atomic mass is 35.5. The average molecular weight is 362 g/mol. The lowest BCUT2D eigenvalue weighted by molar-refractivity contribution is -0.138. The number of likely N-dealkylation sites (tertiary alicyclic amines) is 2. The van der Waals surface area contributed by atoms with Crippen molar-refractivity contribution < 1.29 is 14.7 Å². The molecular formula is C17H32ClN3O3. The Morgan fingerprint density at radius 2 is 1.79 bits per heavy atom. The number of carboxylic acids is 1. The predicted molar refractivity (Wildman–Crippen MR) is 96.6 cm³/mol. The largest absolute Gasteiger partial charge is 0.480 e. The predicted octanol–water partition coefficient (Wildman–Crippen LogP) is 1.68. The normalized spacial score (nSPS) is 23.1. The van der Waals surface area contributed by atoms with Crippen molar-refractivity contribution in [1.82, 2.24) is 14.7 Å². The summed E-state index contributed by atoms with van der Waals surface area (Å²) in [6.07, 6.45) is 6.44. The van der Waals surface area contributed by atoms with E-state index >= 15 is 0 Å². The van der Waals surface area contributed by atoms with Crippen molar-refractivity contribution in [2.45, 2.75) is 57.5 Å². The van der Waals surface area contributed by atoms with Gasteiger partial charge < -0.3 is 10.0 Å². The average Bonchev–Trinajstić information content (AvgIpc) is 2.54. The van der Waals surface area contributed by atoms with Crippen molar-refractivity contribution >= 4 is 24.3 Å². The van der Waals surface area contributed by atoms with Gasteiger partial charge in [-0.2, -0.15) is 0 Å². The fourth-order valence-corrected chi connectivity index (χ4v) is 3.90. The highest BCUT2D eigenvalue weighted by Crippen LogP contribution is 2.21. The molecule has 0 bridgehead atoms. The highest BCUT2D eigenvalue weighted by Gasteiger charge is 2.29. The summed E-state index contributed by atoms with van der Waals surface area (Å²) in [4.78, 5) is 29.6. The summed E-state index contributed by atoms with van der Waals surface area (Å²) < 4.78 is 0. The Bertz CT molecular complexity index is 414. The maximum atomic E-state index is 12.6. The van der Waals surface area contributed by atoms with Crippen molar-refractivity contribution in [3.8, 4) is 0 Å². The van der Waals surface area contributed by atoms with Crippen molar-refractivity contribution in [2.24, 2.45) is 0 Å². The van der Waals surface area contributed by atoms with E-state index in [9.17, 15) is 9.59 Å². The number of aliphatic carboxylic acids is 1. The third-order valence-electron chi connectivity index (χ3n) is 5.34. The van der Waals surface area contributed by atoms with Crippen LogP contribution in [0.5, 0.6) is 0 Å². The van der Waals surface area contributed by atoms with Gasteiger partial charge in [-0.05, 0) is 45.6 Å². The molecule has 0 aromatic rings. The van der Waals surface area contributed by atoms with Crippen LogP contribution < -0.4 is 0 Å². The summed E-state index contributed by atoms with van der Waals surface area (Å²) in [7, 11) is 1.87. The lowest BCUT2D eigenvalue weighted by atomic mass is 9.99. The van der Waals surface area contributed by atoms with Gasteiger partial charge in [0.1, 0.15) is 0 Å². The Morgan fingerprint density at radius 3 is 2.38 bits per heavy atom. The second kappa shape index (κ2) is 10.2. The Labute approximate surface area is 151 Å². The van der Waals surface area contributed by atoms with Crippen LogP contribution in [0.25, 0.3) is 0 Å². The molecule has 0 spiro atoms. The molecule has 0 radical (unpaired) electrons. The monoisotopic (exact) mass is 361 g/mol. The van der Waals surface area contributed by atoms with Gasteiger partial charge in [-0.1, -0.05) is 6.92 Å². The van der Waals surface area contributed by atoms with E-state index in [0.717, 1.165) is 51.7 Å². The number of piperidine rings is 2. The summed E-state index contributed by atoms with van der Waals surface area (Å²) in [5.74, 6) is -0.505. The van der Waals surface area contributed by atoms with Gasteiger partial charge in [-0.25, -0.2) is 0 Å². The van der Waals surface area contributed by atoms with Gasteiger partial charge in [0.05, 0.1) is 13.1 Å². The minimum atomic E-state index is -0.777. The molecule has 24 heavy (non-hydrogen) atoms. The first-order chi connectivity index (χ1) is 11.0. The molecule has 1 unspecified atom stereocenters. The second-order valence-electron chi connectivity index (χ2n) is 6.96. The molecule has 1 amide bonds. The van der Waals surface area contributed by atoms with E-state index < -0.39 is 5.97 Å². The van der Waals surface area contributed by atoms with E-state index in [0.29, 0.717) is 18.6 Å². The van der Waals surface area contributed by atoms with Crippen LogP contribution >= 0.6 is 12.4 Å². The zero-order valence-corrected chi connectivity index (χ0v) is 15.8. The minimum absolute atomic E-state index is 0. The van der Waals surface area contributed by atoms with Gasteiger partial charge >= 0.3 is 5.97 Å². The van der Waals surface area contributed by atoms with E-state index in [2.05, 4.69) is 16.7 Å². The van der Waals surface area contributed by atoms with E-state index in [-0.39, 0.29) is 24.9 Å². The molecule has 140 valence electrons. The summed E-state index contributed by atoms with van der Waals surface area (Å²) in [5, 5.41) is 8.88. The van der Waals surface area contributed by atoms with E-state index in [1.54, 1.807) is 0 Å². The quantitative estimate of drug-likeness (QED) is 0.779. The Hall–Kier alpha value is -0.850. The molecule has 1 atom stereocenters. The SMILES string of the molecule is CCC1CCCCN1C(=O)CN1CCC(N(C)CC(=O)O)CC1.Cl. The fraction of sp³-hybridized carbons (Fsp3) is 0.882. The van der Waals surface area contributed by atoms with E-state index in [4.69, 9.17) is 5.11 Å². The van der Waals surface area contributed by atoms with Gasteiger partial charge in [0.2, 0.25) is 5.91 Å². The van der Waals surface area contributed by atoms with Crippen molar-refractivity contribution in [2.75, 3.05) is 39.8 Å². The number of rotatable bonds is 6. The van der Waals surface area contributed by atoms with Gasteiger partial charge in [0.15, 0.2) is 0 Å². The molecule has 2 saturated heterocycles. The summed E-state index contributed by atoms with van der Waals surface area (Å²) >= 11 is 0. The number of carbonyl (C=O) groups is 2. The van der Waals surface area contributed by atoms with Crippen molar-refractivity contribution in [3.63, 3.8) is 0 Å². The summed E-state index contributed by atoms with van der Waals surface area (Å²) in [6.45, 7) is 5.45. The summed E-state index contributed by atoms with van der Waals surface area (Å²) in [6, 6.07) is 0.742. The summed E-state index contributed by atoms with van der Waals surface area (Å²) in [5.41, 5.74) is 0. The first kappa shape index (κ1) is 21.2. The number of hydrogen-bond acceptors (Lipinski definition) is 4. The Morgan fingerprint density at radius 1 is 1.12 bits per heavy atom. The van der Waals surface area contributed by atoms with Crippen LogP contribution in [0, 0.1) is 0 Å². The van der Waals surface area contributed by atoms with Gasteiger partial charge in [0, 0.05) is 31.7 Å². The van der Waals surface area contributed by atoms with E-state index in [1.807, 2.05) is 11.9 Å². The number of halogens is 1. The molecule has 7 heteroatoms. The lowest BCUT2D eigenvalue weighted by Crippen LogP contribution is -2.51. The number of nitrogens with zero attached hydrogens (tertiary/aromatic N) is 3. The second-order valence-corrected chi connectivity index (χ2v) is 6.96. The number of carbonyl (C=O) groups excluding carboxylic acids is 1. The van der Waals surface area contributed by atoms with Gasteiger partial charge in [0.25, 0.3) is 0 Å². The first-order valence-corrected chi connectivity index (χ1v) is 8.95. The number of hydrogen-bond donors (Lipinski definition) is 1. The molecule has 0 saturated carbocycles. The number of likely N-dealkylation sites (N-methyl/N-ethyl adjacent to an activating group) is 1. The molecule has 2 rings (SSSR count). The third-order valence-corrected chi connectivity index (χ3v) is 5.34. The zero-order chi connectivity index (χ0) is 16.8. The molecule has 2 aliphatic heterocycles. The third kappa shape index (κ3) is 5.90. The molecular weight excluding hydrogens is 330 g/mol. The van der Waals surface area contributed by atoms with Crippen LogP contribution in [0.15, 0.2) is 0 Å². The standard InChI is InChI=1S/C17H31N3O3.ClH/c1-3-14-6-4-5-9-20(14)16(21)12-19-10-7-15(8-11-19)18(2)13-17(22)23;/h14-15H,3-13H2,1-2H3,(H,22,23);1H. The van der Waals surface area contributed by atoms with Crippen LogP contribution in [-0.2, 0) is 9.59 Å². The first-order valence-electron chi connectivity index (χ1n) is 8.95. The molecule has 1 N–H and O–H groups in total. The number of amides is 1. The van der Waals surface area contributed by atoms with Crippen LogP contribution in [0.2, 0.25) is 0 Å². The maximum absolute atomic E-state index is 12.6.